The summed E-state index contributed by atoms with van der Waals surface area (Å²) in [5, 5.41) is 2.69. The van der Waals surface area contributed by atoms with Crippen molar-refractivity contribution in [3.8, 4) is 5.75 Å². The molecule has 20 heavy (non-hydrogen) atoms. The Morgan fingerprint density at radius 3 is 2.65 bits per heavy atom. The largest absolute Gasteiger partial charge is 0.495 e. The number of amides is 1. The van der Waals surface area contributed by atoms with E-state index in [9.17, 15) is 9.18 Å². The summed E-state index contributed by atoms with van der Waals surface area (Å²) in [5.41, 5.74) is 7.39. The topological polar surface area (TPSA) is 64.3 Å². The number of methoxy groups -OCH3 is 1. The van der Waals surface area contributed by atoms with Crippen molar-refractivity contribution < 1.29 is 13.9 Å². The van der Waals surface area contributed by atoms with Crippen LogP contribution in [0.1, 0.15) is 15.9 Å². The number of carbonyl (C=O) groups excluding carboxylic acids is 1. The van der Waals surface area contributed by atoms with Crippen LogP contribution in [0.3, 0.4) is 0 Å². The van der Waals surface area contributed by atoms with E-state index in [4.69, 9.17) is 10.5 Å². The molecule has 0 saturated carbocycles. The lowest BCUT2D eigenvalue weighted by atomic mass is 10.1. The molecule has 0 aliphatic rings. The van der Waals surface area contributed by atoms with Crippen molar-refractivity contribution in [1.29, 1.82) is 0 Å². The number of halogens is 1. The molecule has 0 aromatic heterocycles. The molecule has 0 aliphatic heterocycles. The molecular formula is C15H15FN2O2. The van der Waals surface area contributed by atoms with E-state index in [0.29, 0.717) is 11.4 Å². The summed E-state index contributed by atoms with van der Waals surface area (Å²) in [6, 6.07) is 9.11. The number of nitrogens with one attached hydrogen (secondary N) is 1. The average Bonchev–Trinajstić information content (AvgIpc) is 2.37. The van der Waals surface area contributed by atoms with Crippen molar-refractivity contribution in [2.24, 2.45) is 0 Å². The van der Waals surface area contributed by atoms with Crippen molar-refractivity contribution in [3.63, 3.8) is 0 Å². The number of carbonyl (C=O) groups is 1. The highest BCUT2D eigenvalue weighted by molar-refractivity contribution is 6.05. The van der Waals surface area contributed by atoms with Crippen LogP contribution in [0.4, 0.5) is 15.8 Å². The predicted molar refractivity (Wildman–Crippen MR) is 76.5 cm³/mol. The van der Waals surface area contributed by atoms with Gasteiger partial charge in [0.25, 0.3) is 5.91 Å². The molecule has 1 amide bonds. The molecule has 0 aliphatic carbocycles. The van der Waals surface area contributed by atoms with Crippen molar-refractivity contribution >= 4 is 17.3 Å². The Balaban J connectivity index is 2.29. The first-order chi connectivity index (χ1) is 9.49. The minimum atomic E-state index is -0.550. The number of hydrogen-bond acceptors (Lipinski definition) is 3. The molecule has 104 valence electrons. The van der Waals surface area contributed by atoms with E-state index in [1.807, 2.05) is 13.0 Å². The van der Waals surface area contributed by atoms with Gasteiger partial charge in [-0.05, 0) is 42.8 Å². The summed E-state index contributed by atoms with van der Waals surface area (Å²) in [5.74, 6) is -0.459. The van der Waals surface area contributed by atoms with E-state index in [1.54, 1.807) is 12.1 Å². The summed E-state index contributed by atoms with van der Waals surface area (Å²) in [4.78, 5) is 12.1. The molecule has 4 nitrogen and oxygen atoms in total. The van der Waals surface area contributed by atoms with Crippen LogP contribution >= 0.6 is 0 Å². The van der Waals surface area contributed by atoms with Gasteiger partial charge in [0.15, 0.2) is 0 Å². The lowest BCUT2D eigenvalue weighted by Gasteiger charge is -2.11. The molecule has 3 N–H and O–H groups in total. The molecule has 5 heteroatoms. The van der Waals surface area contributed by atoms with Crippen LogP contribution in [0.2, 0.25) is 0 Å². The number of nitrogen functional groups attached to an aromatic ring is 1. The van der Waals surface area contributed by atoms with E-state index < -0.39 is 11.7 Å². The number of hydrogen-bond donors (Lipinski definition) is 2. The first-order valence-electron chi connectivity index (χ1n) is 6.01. The summed E-state index contributed by atoms with van der Waals surface area (Å²) < 4.78 is 18.4. The van der Waals surface area contributed by atoms with E-state index in [-0.39, 0.29) is 11.3 Å². The van der Waals surface area contributed by atoms with Crippen LogP contribution in [0, 0.1) is 12.7 Å². The highest BCUT2D eigenvalue weighted by Crippen LogP contribution is 2.26. The number of benzene rings is 2. The van der Waals surface area contributed by atoms with E-state index in [2.05, 4.69) is 5.32 Å². The van der Waals surface area contributed by atoms with Crippen LogP contribution in [-0.2, 0) is 0 Å². The Kier molecular flexibility index (Phi) is 3.89. The van der Waals surface area contributed by atoms with Crippen LogP contribution in [0.15, 0.2) is 36.4 Å². The fraction of sp³-hybridized carbons (Fsp3) is 0.133. The third kappa shape index (κ3) is 3.06. The fourth-order valence-corrected chi connectivity index (χ4v) is 1.86. The molecule has 2 rings (SSSR count). The minimum absolute atomic E-state index is 0.158. The van der Waals surface area contributed by atoms with E-state index >= 15 is 0 Å². The third-order valence-electron chi connectivity index (χ3n) is 2.79. The van der Waals surface area contributed by atoms with Gasteiger partial charge in [-0.25, -0.2) is 4.39 Å². The summed E-state index contributed by atoms with van der Waals surface area (Å²) in [6.07, 6.45) is 0. The molecule has 2 aromatic rings. The average molecular weight is 274 g/mol. The second-order valence-electron chi connectivity index (χ2n) is 4.43. The van der Waals surface area contributed by atoms with Crippen molar-refractivity contribution in [1.82, 2.24) is 0 Å². The van der Waals surface area contributed by atoms with Crippen LogP contribution in [0.25, 0.3) is 0 Å². The highest BCUT2D eigenvalue weighted by Gasteiger charge is 2.11. The number of anilines is 2. The van der Waals surface area contributed by atoms with Gasteiger partial charge in [0.2, 0.25) is 0 Å². The zero-order valence-electron chi connectivity index (χ0n) is 11.2. The van der Waals surface area contributed by atoms with Crippen LogP contribution < -0.4 is 15.8 Å². The molecule has 0 bridgehead atoms. The Morgan fingerprint density at radius 2 is 2.00 bits per heavy atom. The van der Waals surface area contributed by atoms with Gasteiger partial charge >= 0.3 is 0 Å². The minimum Gasteiger partial charge on any atom is -0.495 e. The summed E-state index contributed by atoms with van der Waals surface area (Å²) in [6.45, 7) is 1.90. The lowest BCUT2D eigenvalue weighted by molar-refractivity contribution is 0.102. The molecule has 0 heterocycles. The SMILES string of the molecule is COc1ccc(C)cc1NC(=O)c1cc(N)cc(F)c1. The van der Waals surface area contributed by atoms with Gasteiger partial charge < -0.3 is 15.8 Å². The molecule has 0 saturated heterocycles. The third-order valence-corrected chi connectivity index (χ3v) is 2.79. The second-order valence-corrected chi connectivity index (χ2v) is 4.43. The maximum Gasteiger partial charge on any atom is 0.255 e. The van der Waals surface area contributed by atoms with Gasteiger partial charge in [-0.3, -0.25) is 4.79 Å². The van der Waals surface area contributed by atoms with Gasteiger partial charge in [0.05, 0.1) is 12.8 Å². The molecule has 0 fully saturated rings. The monoisotopic (exact) mass is 274 g/mol. The van der Waals surface area contributed by atoms with Gasteiger partial charge in [-0.1, -0.05) is 6.07 Å². The molecule has 0 atom stereocenters. The van der Waals surface area contributed by atoms with E-state index in [1.165, 1.54) is 13.2 Å². The fourth-order valence-electron chi connectivity index (χ4n) is 1.86. The predicted octanol–water partition coefficient (Wildman–Crippen LogP) is 2.98. The summed E-state index contributed by atoms with van der Waals surface area (Å²) >= 11 is 0. The first-order valence-corrected chi connectivity index (χ1v) is 6.01. The van der Waals surface area contributed by atoms with Crippen molar-refractivity contribution in [2.45, 2.75) is 6.92 Å². The van der Waals surface area contributed by atoms with Crippen LogP contribution in [-0.4, -0.2) is 13.0 Å². The molecule has 0 unspecified atom stereocenters. The Hall–Kier alpha value is -2.56. The quantitative estimate of drug-likeness (QED) is 0.846. The maximum atomic E-state index is 13.3. The Morgan fingerprint density at radius 1 is 1.25 bits per heavy atom. The molecule has 0 radical (unpaired) electrons. The molecule has 2 aromatic carbocycles. The standard InChI is InChI=1S/C15H15FN2O2/c1-9-3-4-14(20-2)13(5-9)18-15(19)10-6-11(16)8-12(17)7-10/h3-8H,17H2,1-2H3,(H,18,19). The summed E-state index contributed by atoms with van der Waals surface area (Å²) in [7, 11) is 1.51. The van der Waals surface area contributed by atoms with Gasteiger partial charge in [-0.2, -0.15) is 0 Å². The number of ether oxygens (including phenoxy) is 1. The maximum absolute atomic E-state index is 13.3. The van der Waals surface area contributed by atoms with Crippen molar-refractivity contribution in [3.05, 3.63) is 53.3 Å². The van der Waals surface area contributed by atoms with Gasteiger partial charge in [0, 0.05) is 11.3 Å². The zero-order valence-corrected chi connectivity index (χ0v) is 11.2. The first kappa shape index (κ1) is 13.9. The Bertz CT molecular complexity index is 636. The van der Waals surface area contributed by atoms with Gasteiger partial charge in [-0.15, -0.1) is 0 Å². The lowest BCUT2D eigenvalue weighted by Crippen LogP contribution is -2.13. The number of nitrogens with two attached hydrogens (primary N) is 1. The normalized spacial score (nSPS) is 10.2. The van der Waals surface area contributed by atoms with Crippen LogP contribution in [0.5, 0.6) is 5.75 Å². The van der Waals surface area contributed by atoms with Gasteiger partial charge in [0.1, 0.15) is 11.6 Å². The Labute approximate surface area is 116 Å². The second kappa shape index (κ2) is 5.61. The molecule has 0 spiro atoms. The smallest absolute Gasteiger partial charge is 0.255 e. The zero-order chi connectivity index (χ0) is 14.7. The molecular weight excluding hydrogens is 259 g/mol. The van der Waals surface area contributed by atoms with E-state index in [0.717, 1.165) is 17.7 Å². The number of aryl methyl sites for hydroxylation is 1. The number of rotatable bonds is 3. The highest BCUT2D eigenvalue weighted by atomic mass is 19.1. The van der Waals surface area contributed by atoms with Crippen molar-refractivity contribution in [2.75, 3.05) is 18.2 Å².